The number of carbonyl (C=O) groups is 1. The second kappa shape index (κ2) is 9.59. The van der Waals surface area contributed by atoms with E-state index in [-0.39, 0.29) is 0 Å². The molecule has 4 rings (SSSR count). The highest BCUT2D eigenvalue weighted by Crippen LogP contribution is 2.51. The van der Waals surface area contributed by atoms with Crippen LogP contribution in [-0.2, 0) is 11.3 Å². The first-order valence-electron chi connectivity index (χ1n) is 10.1. The third-order valence-electron chi connectivity index (χ3n) is 6.00. The van der Waals surface area contributed by atoms with Crippen molar-refractivity contribution in [2.45, 2.75) is 44.4 Å². The molecule has 0 bridgehead atoms. The summed E-state index contributed by atoms with van der Waals surface area (Å²) in [5.74, 6) is -1.87. The smallest absolute Gasteiger partial charge is 0.475 e. The van der Waals surface area contributed by atoms with Gasteiger partial charge in [0, 0.05) is 44.3 Å². The van der Waals surface area contributed by atoms with Crippen molar-refractivity contribution in [3.05, 3.63) is 48.5 Å². The van der Waals surface area contributed by atoms with Gasteiger partial charge in [-0.25, -0.2) is 14.8 Å². The molecule has 0 atom stereocenters. The summed E-state index contributed by atoms with van der Waals surface area (Å²) in [5, 5.41) is 7.12. The topological polar surface area (TPSA) is 82.5 Å². The summed E-state index contributed by atoms with van der Waals surface area (Å²) >= 11 is 0. The molecule has 1 aliphatic heterocycles. The van der Waals surface area contributed by atoms with Gasteiger partial charge in [0.1, 0.15) is 0 Å². The molecule has 168 valence electrons. The van der Waals surface area contributed by atoms with Crippen LogP contribution in [0.4, 0.5) is 19.1 Å². The van der Waals surface area contributed by atoms with Gasteiger partial charge < -0.3 is 10.0 Å². The van der Waals surface area contributed by atoms with Crippen molar-refractivity contribution in [2.75, 3.05) is 25.0 Å². The van der Waals surface area contributed by atoms with E-state index in [1.54, 1.807) is 0 Å². The van der Waals surface area contributed by atoms with E-state index in [1.165, 1.54) is 25.7 Å². The Kier molecular flexibility index (Phi) is 7.09. The minimum absolute atomic E-state index is 0.550. The van der Waals surface area contributed by atoms with Gasteiger partial charge >= 0.3 is 12.1 Å². The van der Waals surface area contributed by atoms with Gasteiger partial charge in [0.2, 0.25) is 5.95 Å². The normalized spacial score (nSPS) is 18.3. The van der Waals surface area contributed by atoms with Gasteiger partial charge in [-0.3, -0.25) is 9.88 Å². The number of halogens is 3. The molecular formula is C21H26F3N5O2. The van der Waals surface area contributed by atoms with E-state index in [4.69, 9.17) is 9.90 Å². The molecule has 2 aromatic rings. The van der Waals surface area contributed by atoms with Crippen LogP contribution in [0.3, 0.4) is 0 Å². The molecule has 2 fully saturated rings. The predicted molar refractivity (Wildman–Crippen MR) is 108 cm³/mol. The van der Waals surface area contributed by atoms with Crippen LogP contribution in [0.1, 0.15) is 31.4 Å². The molecule has 0 radical (unpaired) electrons. The van der Waals surface area contributed by atoms with E-state index in [1.807, 2.05) is 30.7 Å². The molecule has 1 N–H and O–H groups in total. The number of rotatable bonds is 4. The molecule has 0 aromatic carbocycles. The van der Waals surface area contributed by atoms with Crippen molar-refractivity contribution in [3.8, 4) is 0 Å². The first-order chi connectivity index (χ1) is 14.7. The van der Waals surface area contributed by atoms with E-state index in [0.29, 0.717) is 11.5 Å². The molecule has 1 aliphatic carbocycles. The minimum Gasteiger partial charge on any atom is -0.475 e. The van der Waals surface area contributed by atoms with Crippen molar-refractivity contribution in [2.24, 2.45) is 5.41 Å². The average Bonchev–Trinajstić information content (AvgIpc) is 2.73. The summed E-state index contributed by atoms with van der Waals surface area (Å²) in [6, 6.07) is 8.74. The third-order valence-corrected chi connectivity index (χ3v) is 6.00. The van der Waals surface area contributed by atoms with Gasteiger partial charge in [0.25, 0.3) is 0 Å². The molecule has 0 unspecified atom stereocenters. The molecule has 7 nitrogen and oxygen atoms in total. The van der Waals surface area contributed by atoms with Gasteiger partial charge in [-0.2, -0.15) is 13.2 Å². The Morgan fingerprint density at radius 3 is 2.23 bits per heavy atom. The number of hydrogen-bond acceptors (Lipinski definition) is 6. The summed E-state index contributed by atoms with van der Waals surface area (Å²) in [4.78, 5) is 26.9. The summed E-state index contributed by atoms with van der Waals surface area (Å²) < 4.78 is 31.7. The Morgan fingerprint density at radius 1 is 1.13 bits per heavy atom. The zero-order valence-corrected chi connectivity index (χ0v) is 17.3. The maximum Gasteiger partial charge on any atom is 0.490 e. The summed E-state index contributed by atoms with van der Waals surface area (Å²) in [6.07, 6.45) is 5.63. The number of carboxylic acids is 1. The number of piperidine rings is 1. The number of aromatic nitrogens is 3. The molecule has 1 saturated carbocycles. The quantitative estimate of drug-likeness (QED) is 0.785. The number of alkyl halides is 3. The van der Waals surface area contributed by atoms with Crippen LogP contribution in [0, 0.1) is 5.41 Å². The van der Waals surface area contributed by atoms with Gasteiger partial charge in [0.05, 0.1) is 5.69 Å². The van der Waals surface area contributed by atoms with E-state index in [9.17, 15) is 13.2 Å². The zero-order valence-electron chi connectivity index (χ0n) is 17.3. The predicted octanol–water partition coefficient (Wildman–Crippen LogP) is 3.39. The van der Waals surface area contributed by atoms with Gasteiger partial charge in [0.15, 0.2) is 0 Å². The van der Waals surface area contributed by atoms with Crippen LogP contribution in [0.25, 0.3) is 0 Å². The third kappa shape index (κ3) is 6.13. The van der Waals surface area contributed by atoms with Crippen LogP contribution < -0.4 is 4.90 Å². The fraction of sp³-hybridized carbons (Fsp3) is 0.524. The van der Waals surface area contributed by atoms with E-state index >= 15 is 0 Å². The second-order valence-electron chi connectivity index (χ2n) is 8.14. The van der Waals surface area contributed by atoms with Crippen molar-refractivity contribution < 1.29 is 23.1 Å². The Bertz CT molecular complexity index is 835. The second-order valence-corrected chi connectivity index (χ2v) is 8.14. The van der Waals surface area contributed by atoms with Crippen molar-refractivity contribution in [1.82, 2.24) is 19.9 Å². The monoisotopic (exact) mass is 437 g/mol. The standard InChI is InChI=1S/C19H25N5.C2HF3O2/c1-23(15-16-5-2-3-8-20-16)17-13-19(14-17)6-11-24(12-7-19)18-21-9-4-10-22-18;3-2(4,5)1(6)7/h2-5,8-10,17H,6-7,11-15H2,1H3;(H,6,7). The molecule has 10 heteroatoms. The lowest BCUT2D eigenvalue weighted by Gasteiger charge is -2.54. The van der Waals surface area contributed by atoms with Gasteiger partial charge in [-0.05, 0) is 56.3 Å². The van der Waals surface area contributed by atoms with E-state index < -0.39 is 12.1 Å². The number of anilines is 1. The molecule has 3 heterocycles. The van der Waals surface area contributed by atoms with Crippen molar-refractivity contribution in [1.29, 1.82) is 0 Å². The zero-order chi connectivity index (χ0) is 22.5. The maximum atomic E-state index is 10.6. The van der Waals surface area contributed by atoms with E-state index in [2.05, 4.69) is 43.9 Å². The van der Waals surface area contributed by atoms with Crippen molar-refractivity contribution in [3.63, 3.8) is 0 Å². The minimum atomic E-state index is -5.08. The summed E-state index contributed by atoms with van der Waals surface area (Å²) in [7, 11) is 2.24. The summed E-state index contributed by atoms with van der Waals surface area (Å²) in [5.41, 5.74) is 1.71. The Hall–Kier alpha value is -2.75. The van der Waals surface area contributed by atoms with Crippen LogP contribution in [0.5, 0.6) is 0 Å². The van der Waals surface area contributed by atoms with Crippen LogP contribution in [0.15, 0.2) is 42.9 Å². The van der Waals surface area contributed by atoms with E-state index in [0.717, 1.165) is 31.3 Å². The molecular weight excluding hydrogens is 411 g/mol. The SMILES string of the molecule is CN(Cc1ccccn1)C1CC2(CCN(c3ncccn3)CC2)C1.O=C(O)C(F)(F)F. The number of nitrogens with zero attached hydrogens (tertiary/aromatic N) is 5. The van der Waals surface area contributed by atoms with Crippen LogP contribution >= 0.6 is 0 Å². The number of carboxylic acid groups (broad SMARTS) is 1. The molecule has 2 aliphatic rings. The number of pyridine rings is 1. The Balaban J connectivity index is 0.000000339. The molecule has 2 aromatic heterocycles. The van der Waals surface area contributed by atoms with Crippen molar-refractivity contribution >= 4 is 11.9 Å². The first-order valence-corrected chi connectivity index (χ1v) is 10.1. The molecule has 1 saturated heterocycles. The van der Waals surface area contributed by atoms with Gasteiger partial charge in [-0.15, -0.1) is 0 Å². The lowest BCUT2D eigenvalue weighted by atomic mass is 9.60. The van der Waals surface area contributed by atoms with Crippen LogP contribution in [-0.4, -0.2) is 63.3 Å². The number of aliphatic carboxylic acids is 1. The highest BCUT2D eigenvalue weighted by atomic mass is 19.4. The molecule has 1 spiro atoms. The molecule has 0 amide bonds. The lowest BCUT2D eigenvalue weighted by molar-refractivity contribution is -0.192. The Morgan fingerprint density at radius 2 is 1.71 bits per heavy atom. The average molecular weight is 437 g/mol. The molecule has 31 heavy (non-hydrogen) atoms. The van der Waals surface area contributed by atoms with Crippen LogP contribution in [0.2, 0.25) is 0 Å². The fourth-order valence-corrected chi connectivity index (χ4v) is 4.17. The number of hydrogen-bond donors (Lipinski definition) is 1. The Labute approximate surface area is 178 Å². The maximum absolute atomic E-state index is 10.6. The highest BCUT2D eigenvalue weighted by Gasteiger charge is 2.47. The van der Waals surface area contributed by atoms with Gasteiger partial charge in [-0.1, -0.05) is 6.07 Å². The highest BCUT2D eigenvalue weighted by molar-refractivity contribution is 5.73. The summed E-state index contributed by atoms with van der Waals surface area (Å²) in [6.45, 7) is 3.12. The fourth-order valence-electron chi connectivity index (χ4n) is 4.17. The largest absolute Gasteiger partial charge is 0.490 e. The lowest BCUT2D eigenvalue weighted by Crippen LogP contribution is -2.54. The first kappa shape index (κ1) is 22.9.